The quantitative estimate of drug-likeness (QED) is 0.849. The van der Waals surface area contributed by atoms with Gasteiger partial charge in [0.15, 0.2) is 0 Å². The molecule has 2 amide bonds. The Bertz CT molecular complexity index is 598. The molecule has 0 radical (unpaired) electrons. The standard InChI is InChI=1S/C18H27N3O2S/c1-5-24-15-12-13(9-10-19-15)17(23)21-11-7-6-8-14(21)16(22)20-18(2,3)4/h9-10,12,14H,5-8,11H2,1-4H3,(H,20,22). The molecule has 0 spiro atoms. The molecule has 1 atom stereocenters. The van der Waals surface area contributed by atoms with Crippen molar-refractivity contribution in [2.75, 3.05) is 12.3 Å². The highest BCUT2D eigenvalue weighted by atomic mass is 32.2. The summed E-state index contributed by atoms with van der Waals surface area (Å²) in [7, 11) is 0. The van der Waals surface area contributed by atoms with Gasteiger partial charge in [0.05, 0.1) is 5.03 Å². The lowest BCUT2D eigenvalue weighted by Gasteiger charge is -2.36. The molecule has 1 N–H and O–H groups in total. The summed E-state index contributed by atoms with van der Waals surface area (Å²) in [6.07, 6.45) is 4.29. The molecule has 5 nitrogen and oxygen atoms in total. The number of thioether (sulfide) groups is 1. The van der Waals surface area contributed by atoms with E-state index in [1.165, 1.54) is 0 Å². The van der Waals surface area contributed by atoms with Crippen LogP contribution in [0.2, 0.25) is 0 Å². The predicted octanol–water partition coefficient (Wildman–Crippen LogP) is 3.10. The molecule has 2 heterocycles. The van der Waals surface area contributed by atoms with Gasteiger partial charge in [0, 0.05) is 23.8 Å². The summed E-state index contributed by atoms with van der Waals surface area (Å²) in [6.45, 7) is 8.54. The van der Waals surface area contributed by atoms with Crippen LogP contribution in [0.1, 0.15) is 57.3 Å². The third-order valence-electron chi connectivity index (χ3n) is 3.84. The molecule has 0 aromatic carbocycles. The number of carbonyl (C=O) groups is 2. The molecule has 1 fully saturated rings. The molecular weight excluding hydrogens is 322 g/mol. The van der Waals surface area contributed by atoms with Gasteiger partial charge >= 0.3 is 0 Å². The Labute approximate surface area is 148 Å². The zero-order chi connectivity index (χ0) is 17.7. The van der Waals surface area contributed by atoms with Crippen LogP contribution in [0.25, 0.3) is 0 Å². The first-order valence-electron chi connectivity index (χ1n) is 8.53. The highest BCUT2D eigenvalue weighted by molar-refractivity contribution is 7.99. The Morgan fingerprint density at radius 2 is 2.12 bits per heavy atom. The van der Waals surface area contributed by atoms with E-state index in [-0.39, 0.29) is 23.4 Å². The van der Waals surface area contributed by atoms with Crippen LogP contribution in [0, 0.1) is 0 Å². The average Bonchev–Trinajstić information content (AvgIpc) is 2.53. The third kappa shape index (κ3) is 4.97. The zero-order valence-electron chi connectivity index (χ0n) is 15.0. The fourth-order valence-corrected chi connectivity index (χ4v) is 3.48. The normalized spacial score (nSPS) is 18.3. The number of likely N-dealkylation sites (tertiary alicyclic amines) is 1. The van der Waals surface area contributed by atoms with Crippen molar-refractivity contribution in [2.24, 2.45) is 0 Å². The maximum absolute atomic E-state index is 12.9. The lowest BCUT2D eigenvalue weighted by molar-refractivity contribution is -0.128. The zero-order valence-corrected chi connectivity index (χ0v) is 15.8. The number of amides is 2. The lowest BCUT2D eigenvalue weighted by Crippen LogP contribution is -2.55. The van der Waals surface area contributed by atoms with Crippen LogP contribution in [0.5, 0.6) is 0 Å². The molecule has 1 aliphatic rings. The van der Waals surface area contributed by atoms with Gasteiger partial charge in [-0.05, 0) is 57.9 Å². The largest absolute Gasteiger partial charge is 0.350 e. The third-order valence-corrected chi connectivity index (χ3v) is 4.65. The summed E-state index contributed by atoms with van der Waals surface area (Å²) in [6, 6.07) is 3.17. The number of carbonyl (C=O) groups excluding carboxylic acids is 2. The van der Waals surface area contributed by atoms with E-state index in [1.54, 1.807) is 28.9 Å². The first kappa shape index (κ1) is 18.8. The maximum atomic E-state index is 12.9. The molecule has 1 aromatic rings. The van der Waals surface area contributed by atoms with E-state index < -0.39 is 0 Å². The minimum absolute atomic E-state index is 0.0623. The molecule has 1 saturated heterocycles. The first-order chi connectivity index (χ1) is 11.3. The molecular formula is C18H27N3O2S. The van der Waals surface area contributed by atoms with Crippen LogP contribution in [0.4, 0.5) is 0 Å². The molecule has 1 aliphatic heterocycles. The van der Waals surface area contributed by atoms with Gasteiger partial charge < -0.3 is 10.2 Å². The Morgan fingerprint density at radius 1 is 1.38 bits per heavy atom. The maximum Gasteiger partial charge on any atom is 0.254 e. The van der Waals surface area contributed by atoms with Crippen LogP contribution in [-0.2, 0) is 4.79 Å². The highest BCUT2D eigenvalue weighted by Gasteiger charge is 2.34. The minimum atomic E-state index is -0.388. The van der Waals surface area contributed by atoms with Crippen molar-refractivity contribution in [3.63, 3.8) is 0 Å². The smallest absolute Gasteiger partial charge is 0.254 e. The molecule has 0 bridgehead atoms. The Morgan fingerprint density at radius 3 is 2.79 bits per heavy atom. The van der Waals surface area contributed by atoms with Crippen molar-refractivity contribution in [3.05, 3.63) is 23.9 Å². The molecule has 24 heavy (non-hydrogen) atoms. The fraction of sp³-hybridized carbons (Fsp3) is 0.611. The summed E-state index contributed by atoms with van der Waals surface area (Å²) in [4.78, 5) is 31.5. The van der Waals surface area contributed by atoms with Crippen molar-refractivity contribution in [1.82, 2.24) is 15.2 Å². The monoisotopic (exact) mass is 349 g/mol. The van der Waals surface area contributed by atoms with Crippen LogP contribution in [0.15, 0.2) is 23.4 Å². The van der Waals surface area contributed by atoms with Gasteiger partial charge in [-0.25, -0.2) is 4.98 Å². The number of nitrogens with one attached hydrogen (secondary N) is 1. The van der Waals surface area contributed by atoms with Gasteiger partial charge in [0.1, 0.15) is 6.04 Å². The summed E-state index contributed by atoms with van der Waals surface area (Å²) in [5.41, 5.74) is 0.307. The topological polar surface area (TPSA) is 62.3 Å². The summed E-state index contributed by atoms with van der Waals surface area (Å²) in [5.74, 6) is 0.766. The van der Waals surface area contributed by atoms with Gasteiger partial charge in [-0.1, -0.05) is 6.92 Å². The van der Waals surface area contributed by atoms with Crippen LogP contribution >= 0.6 is 11.8 Å². The van der Waals surface area contributed by atoms with Crippen molar-refractivity contribution in [1.29, 1.82) is 0 Å². The van der Waals surface area contributed by atoms with Gasteiger partial charge in [-0.15, -0.1) is 11.8 Å². The van der Waals surface area contributed by atoms with Crippen LogP contribution < -0.4 is 5.32 Å². The number of nitrogens with zero attached hydrogens (tertiary/aromatic N) is 2. The lowest BCUT2D eigenvalue weighted by atomic mass is 9.98. The number of piperidine rings is 1. The van der Waals surface area contributed by atoms with Crippen molar-refractivity contribution >= 4 is 23.6 Å². The van der Waals surface area contributed by atoms with Gasteiger partial charge in [0.25, 0.3) is 5.91 Å². The van der Waals surface area contributed by atoms with Crippen LogP contribution in [-0.4, -0.2) is 45.6 Å². The van der Waals surface area contributed by atoms with Gasteiger partial charge in [0.2, 0.25) is 5.91 Å². The molecule has 1 aromatic heterocycles. The summed E-state index contributed by atoms with van der Waals surface area (Å²) in [5, 5.41) is 3.85. The van der Waals surface area contributed by atoms with E-state index in [0.29, 0.717) is 12.1 Å². The average molecular weight is 350 g/mol. The molecule has 6 heteroatoms. The van der Waals surface area contributed by atoms with Gasteiger partial charge in [-0.2, -0.15) is 0 Å². The fourth-order valence-electron chi connectivity index (χ4n) is 2.84. The summed E-state index contributed by atoms with van der Waals surface area (Å²) >= 11 is 1.61. The van der Waals surface area contributed by atoms with E-state index in [9.17, 15) is 9.59 Å². The Kier molecular flexibility index (Phi) is 6.27. The molecule has 0 aliphatic carbocycles. The highest BCUT2D eigenvalue weighted by Crippen LogP contribution is 2.22. The van der Waals surface area contributed by atoms with E-state index in [4.69, 9.17) is 0 Å². The van der Waals surface area contributed by atoms with E-state index in [1.807, 2.05) is 26.8 Å². The van der Waals surface area contributed by atoms with Crippen LogP contribution in [0.3, 0.4) is 0 Å². The number of rotatable bonds is 4. The number of aromatic nitrogens is 1. The second kappa shape index (κ2) is 8.01. The molecule has 2 rings (SSSR count). The second-order valence-electron chi connectivity index (χ2n) is 7.07. The Balaban J connectivity index is 2.18. The minimum Gasteiger partial charge on any atom is -0.350 e. The first-order valence-corrected chi connectivity index (χ1v) is 9.52. The van der Waals surface area contributed by atoms with Crippen molar-refractivity contribution in [3.8, 4) is 0 Å². The van der Waals surface area contributed by atoms with Crippen molar-refractivity contribution in [2.45, 2.75) is 63.6 Å². The number of pyridine rings is 1. The molecule has 1 unspecified atom stereocenters. The van der Waals surface area contributed by atoms with E-state index >= 15 is 0 Å². The molecule has 132 valence electrons. The molecule has 0 saturated carbocycles. The predicted molar refractivity (Wildman–Crippen MR) is 97.2 cm³/mol. The second-order valence-corrected chi connectivity index (χ2v) is 8.35. The summed E-state index contributed by atoms with van der Waals surface area (Å²) < 4.78 is 0. The number of hydrogen-bond acceptors (Lipinski definition) is 4. The van der Waals surface area contributed by atoms with Crippen molar-refractivity contribution < 1.29 is 9.59 Å². The van der Waals surface area contributed by atoms with E-state index in [2.05, 4.69) is 17.2 Å². The SMILES string of the molecule is CCSc1cc(C(=O)N2CCCCC2C(=O)NC(C)(C)C)ccn1. The Hall–Kier alpha value is -1.56. The van der Waals surface area contributed by atoms with E-state index in [0.717, 1.165) is 30.0 Å². The van der Waals surface area contributed by atoms with Gasteiger partial charge in [-0.3, -0.25) is 9.59 Å². The number of hydrogen-bond donors (Lipinski definition) is 1.